The van der Waals surface area contributed by atoms with Crippen molar-refractivity contribution in [1.82, 2.24) is 14.6 Å². The maximum absolute atomic E-state index is 13.3. The number of nitrogens with zero attached hydrogens (tertiary/aromatic N) is 1. The number of hydrogen-bond acceptors (Lipinski definition) is 5. The number of amides is 1. The van der Waals surface area contributed by atoms with Gasteiger partial charge in [0, 0.05) is 37.0 Å². The van der Waals surface area contributed by atoms with Gasteiger partial charge in [-0.3, -0.25) is 9.59 Å². The molecule has 1 atom stereocenters. The third-order valence-electron chi connectivity index (χ3n) is 5.17. The lowest BCUT2D eigenvalue weighted by Crippen LogP contribution is -2.49. The van der Waals surface area contributed by atoms with Gasteiger partial charge in [-0.05, 0) is 40.8 Å². The smallest absolute Gasteiger partial charge is 0.255 e. The van der Waals surface area contributed by atoms with Gasteiger partial charge < -0.3 is 14.6 Å². The summed E-state index contributed by atoms with van der Waals surface area (Å²) in [5, 5.41) is 0. The lowest BCUT2D eigenvalue weighted by atomic mass is 9.84. The van der Waals surface area contributed by atoms with Crippen molar-refractivity contribution >= 4 is 15.9 Å². The Morgan fingerprint density at radius 3 is 2.68 bits per heavy atom. The van der Waals surface area contributed by atoms with Gasteiger partial charge >= 0.3 is 0 Å². The molecular formula is C22H29N3O5S. The lowest BCUT2D eigenvalue weighted by Gasteiger charge is -2.33. The molecule has 1 unspecified atom stereocenters. The first kappa shape index (κ1) is 23.2. The van der Waals surface area contributed by atoms with Gasteiger partial charge in [0.25, 0.3) is 11.5 Å². The van der Waals surface area contributed by atoms with Crippen molar-refractivity contribution in [3.8, 4) is 11.1 Å². The molecule has 0 radical (unpaired) electrons. The van der Waals surface area contributed by atoms with Crippen LogP contribution < -0.4 is 10.3 Å². The molecule has 31 heavy (non-hydrogen) atoms. The Morgan fingerprint density at radius 1 is 1.29 bits per heavy atom. The summed E-state index contributed by atoms with van der Waals surface area (Å²) in [6.07, 6.45) is 2.24. The maximum Gasteiger partial charge on any atom is 0.255 e. The predicted molar refractivity (Wildman–Crippen MR) is 120 cm³/mol. The van der Waals surface area contributed by atoms with Gasteiger partial charge in [0.05, 0.1) is 19.0 Å². The van der Waals surface area contributed by atoms with E-state index >= 15 is 0 Å². The molecule has 2 N–H and O–H groups in total. The SMILES string of the molecule is CC(C)(C)c1cc(C(=O)N2CCOC(CNS(C)(=O)=O)C2)cc(-c2ccc[nH]c2=O)c1. The van der Waals surface area contributed by atoms with Crippen molar-refractivity contribution in [2.75, 3.05) is 32.5 Å². The quantitative estimate of drug-likeness (QED) is 0.726. The van der Waals surface area contributed by atoms with E-state index in [4.69, 9.17) is 4.74 Å². The minimum absolute atomic E-state index is 0.106. The van der Waals surface area contributed by atoms with Crippen LogP contribution >= 0.6 is 0 Å². The minimum Gasteiger partial charge on any atom is -0.373 e. The summed E-state index contributed by atoms with van der Waals surface area (Å²) in [4.78, 5) is 30.0. The number of aromatic nitrogens is 1. The van der Waals surface area contributed by atoms with Gasteiger partial charge in [-0.1, -0.05) is 26.8 Å². The molecule has 3 rings (SSSR count). The number of hydrogen-bond donors (Lipinski definition) is 2. The first-order valence-corrected chi connectivity index (χ1v) is 12.0. The number of morpholine rings is 1. The van der Waals surface area contributed by atoms with Crippen LogP contribution in [-0.2, 0) is 20.2 Å². The van der Waals surface area contributed by atoms with Crippen LogP contribution in [0.3, 0.4) is 0 Å². The molecule has 8 nitrogen and oxygen atoms in total. The van der Waals surface area contributed by atoms with Crippen LogP contribution in [0.2, 0.25) is 0 Å². The Labute approximate surface area is 182 Å². The lowest BCUT2D eigenvalue weighted by molar-refractivity contribution is -0.0182. The number of pyridine rings is 1. The Morgan fingerprint density at radius 2 is 2.03 bits per heavy atom. The predicted octanol–water partition coefficient (Wildman–Crippen LogP) is 1.73. The van der Waals surface area contributed by atoms with Crippen LogP contribution in [-0.4, -0.2) is 62.8 Å². The third kappa shape index (κ3) is 6.03. The van der Waals surface area contributed by atoms with Crippen LogP contribution in [0.5, 0.6) is 0 Å². The minimum atomic E-state index is -3.34. The molecule has 1 aliphatic rings. The highest BCUT2D eigenvalue weighted by Crippen LogP contribution is 2.29. The number of H-pyrrole nitrogens is 1. The standard InChI is InChI=1S/C22H29N3O5S/c1-22(2,3)17-11-15(19-6-5-7-23-20(19)26)10-16(12-17)21(27)25-8-9-30-18(14-25)13-24-31(4,28)29/h5-7,10-12,18,24H,8-9,13-14H2,1-4H3,(H,23,26). The zero-order valence-electron chi connectivity index (χ0n) is 18.3. The molecule has 2 heterocycles. The van der Waals surface area contributed by atoms with Gasteiger partial charge in [-0.25, -0.2) is 13.1 Å². The van der Waals surface area contributed by atoms with Crippen molar-refractivity contribution in [2.45, 2.75) is 32.3 Å². The first-order valence-electron chi connectivity index (χ1n) is 10.1. The van der Waals surface area contributed by atoms with Crippen LogP contribution in [0.15, 0.2) is 41.3 Å². The Bertz CT molecular complexity index is 1120. The van der Waals surface area contributed by atoms with E-state index in [2.05, 4.69) is 30.5 Å². The van der Waals surface area contributed by atoms with Crippen LogP contribution in [0, 0.1) is 0 Å². The zero-order valence-corrected chi connectivity index (χ0v) is 19.1. The van der Waals surface area contributed by atoms with E-state index in [1.165, 1.54) is 0 Å². The fourth-order valence-corrected chi connectivity index (χ4v) is 3.93. The van der Waals surface area contributed by atoms with Gasteiger partial charge in [0.15, 0.2) is 0 Å². The summed E-state index contributed by atoms with van der Waals surface area (Å²) in [7, 11) is -3.34. The molecule has 0 aliphatic carbocycles. The maximum atomic E-state index is 13.3. The molecule has 2 aromatic rings. The Balaban J connectivity index is 1.92. The van der Waals surface area contributed by atoms with E-state index in [0.29, 0.717) is 29.8 Å². The highest BCUT2D eigenvalue weighted by Gasteiger charge is 2.27. The molecule has 1 aliphatic heterocycles. The molecule has 0 saturated carbocycles. The second kappa shape index (κ2) is 8.94. The summed E-state index contributed by atoms with van der Waals surface area (Å²) in [6.45, 7) is 7.28. The number of benzene rings is 1. The molecule has 1 fully saturated rings. The molecule has 0 bridgehead atoms. The van der Waals surface area contributed by atoms with Gasteiger partial charge in [0.1, 0.15) is 0 Å². The fourth-order valence-electron chi connectivity index (χ4n) is 3.44. The molecule has 9 heteroatoms. The van der Waals surface area contributed by atoms with Crippen LogP contribution in [0.1, 0.15) is 36.7 Å². The number of rotatable bonds is 5. The van der Waals surface area contributed by atoms with Crippen molar-refractivity contribution in [1.29, 1.82) is 0 Å². The van der Waals surface area contributed by atoms with Gasteiger partial charge in [-0.2, -0.15) is 0 Å². The van der Waals surface area contributed by atoms with Crippen molar-refractivity contribution < 1.29 is 17.9 Å². The fraction of sp³-hybridized carbons (Fsp3) is 0.455. The number of carbonyl (C=O) groups is 1. The molecular weight excluding hydrogens is 418 g/mol. The molecule has 1 aromatic carbocycles. The summed E-state index contributed by atoms with van der Waals surface area (Å²) in [5.74, 6) is -0.174. The zero-order chi connectivity index (χ0) is 22.8. The highest BCUT2D eigenvalue weighted by molar-refractivity contribution is 7.88. The number of aromatic amines is 1. The second-order valence-corrected chi connectivity index (χ2v) is 10.7. The number of ether oxygens (including phenoxy) is 1. The third-order valence-corrected chi connectivity index (χ3v) is 5.87. The number of sulfonamides is 1. The topological polar surface area (TPSA) is 109 Å². The van der Waals surface area contributed by atoms with Crippen LogP contribution in [0.4, 0.5) is 0 Å². The second-order valence-electron chi connectivity index (χ2n) is 8.83. The van der Waals surface area contributed by atoms with E-state index in [0.717, 1.165) is 11.8 Å². The van der Waals surface area contributed by atoms with E-state index in [1.54, 1.807) is 29.3 Å². The normalized spacial score (nSPS) is 17.5. The van der Waals surface area contributed by atoms with Crippen molar-refractivity contribution in [2.24, 2.45) is 0 Å². The highest BCUT2D eigenvalue weighted by atomic mass is 32.2. The van der Waals surface area contributed by atoms with E-state index < -0.39 is 16.1 Å². The molecule has 1 aromatic heterocycles. The number of carbonyl (C=O) groups excluding carboxylic acids is 1. The van der Waals surface area contributed by atoms with Crippen molar-refractivity contribution in [3.05, 3.63) is 58.0 Å². The molecule has 1 amide bonds. The van der Waals surface area contributed by atoms with Crippen molar-refractivity contribution in [3.63, 3.8) is 0 Å². The average molecular weight is 448 g/mol. The van der Waals surface area contributed by atoms with Crippen LogP contribution in [0.25, 0.3) is 11.1 Å². The Hall–Kier alpha value is -2.49. The first-order chi connectivity index (χ1) is 14.4. The summed E-state index contributed by atoms with van der Waals surface area (Å²) in [5.41, 5.74) is 2.17. The van der Waals surface area contributed by atoms with E-state index in [9.17, 15) is 18.0 Å². The van der Waals surface area contributed by atoms with E-state index in [-0.39, 0.29) is 30.0 Å². The van der Waals surface area contributed by atoms with Gasteiger partial charge in [0.2, 0.25) is 10.0 Å². The largest absolute Gasteiger partial charge is 0.373 e. The summed E-state index contributed by atoms with van der Waals surface area (Å²) < 4.78 is 30.8. The van der Waals surface area contributed by atoms with Gasteiger partial charge in [-0.15, -0.1) is 0 Å². The average Bonchev–Trinajstić information content (AvgIpc) is 2.71. The molecule has 168 valence electrons. The Kier molecular flexibility index (Phi) is 6.68. The molecule has 0 spiro atoms. The van der Waals surface area contributed by atoms with E-state index in [1.807, 2.05) is 12.1 Å². The summed E-state index contributed by atoms with van der Waals surface area (Å²) >= 11 is 0. The number of nitrogens with one attached hydrogen (secondary N) is 2. The summed E-state index contributed by atoms with van der Waals surface area (Å²) in [6, 6.07) is 9.03. The monoisotopic (exact) mass is 447 g/mol. The molecule has 1 saturated heterocycles.